The van der Waals surface area contributed by atoms with Gasteiger partial charge < -0.3 is 25.0 Å². The molecule has 1 saturated heterocycles. The van der Waals surface area contributed by atoms with E-state index < -0.39 is 0 Å². The monoisotopic (exact) mass is 433 g/mol. The van der Waals surface area contributed by atoms with Gasteiger partial charge >= 0.3 is 0 Å². The van der Waals surface area contributed by atoms with Crippen molar-refractivity contribution < 1.29 is 9.47 Å². The van der Waals surface area contributed by atoms with Crippen molar-refractivity contribution in [2.75, 3.05) is 65.6 Å². The quantitative estimate of drug-likeness (QED) is 0.390. The third kappa shape index (κ3) is 8.57. The topological polar surface area (TPSA) is 61.4 Å². The van der Waals surface area contributed by atoms with Gasteiger partial charge in [-0.25, -0.2) is 0 Å². The fourth-order valence-electron chi connectivity index (χ4n) is 3.78. The SMILES string of the molecule is CCNC(=NCC(C)N1CCN(CC)CC1)NCCc1ccc(OCC)c(OCC)c1. The van der Waals surface area contributed by atoms with Crippen LogP contribution in [0.2, 0.25) is 0 Å². The summed E-state index contributed by atoms with van der Waals surface area (Å²) in [6.45, 7) is 20.1. The van der Waals surface area contributed by atoms with Gasteiger partial charge in [0.1, 0.15) is 0 Å². The number of piperazine rings is 1. The molecule has 0 spiro atoms. The Hall–Kier alpha value is -1.99. The number of ether oxygens (including phenoxy) is 2. The molecule has 0 saturated carbocycles. The van der Waals surface area contributed by atoms with E-state index in [0.717, 1.165) is 76.2 Å². The number of hydrogen-bond donors (Lipinski definition) is 2. The molecule has 2 N–H and O–H groups in total. The van der Waals surface area contributed by atoms with Crippen molar-refractivity contribution in [2.45, 2.75) is 47.1 Å². The number of nitrogens with zero attached hydrogens (tertiary/aromatic N) is 3. The number of guanidine groups is 1. The van der Waals surface area contributed by atoms with Gasteiger partial charge in [-0.3, -0.25) is 9.89 Å². The Morgan fingerprint density at radius 2 is 1.71 bits per heavy atom. The molecule has 7 nitrogen and oxygen atoms in total. The number of aliphatic imine (C=N–C) groups is 1. The fraction of sp³-hybridized carbons (Fsp3) is 0.708. The largest absolute Gasteiger partial charge is 0.490 e. The maximum atomic E-state index is 5.74. The van der Waals surface area contributed by atoms with Gasteiger partial charge in [0.2, 0.25) is 0 Å². The highest BCUT2D eigenvalue weighted by atomic mass is 16.5. The molecule has 0 aliphatic carbocycles. The van der Waals surface area contributed by atoms with Gasteiger partial charge in [0.15, 0.2) is 17.5 Å². The van der Waals surface area contributed by atoms with Gasteiger partial charge in [0, 0.05) is 45.3 Å². The molecular weight excluding hydrogens is 390 g/mol. The average molecular weight is 434 g/mol. The van der Waals surface area contributed by atoms with Crippen molar-refractivity contribution in [1.29, 1.82) is 0 Å². The second-order valence-electron chi connectivity index (χ2n) is 7.86. The maximum absolute atomic E-state index is 5.74. The van der Waals surface area contributed by atoms with Crippen LogP contribution in [0.3, 0.4) is 0 Å². The van der Waals surface area contributed by atoms with Gasteiger partial charge in [-0.05, 0) is 58.4 Å². The molecule has 1 aliphatic rings. The number of nitrogens with one attached hydrogen (secondary N) is 2. The summed E-state index contributed by atoms with van der Waals surface area (Å²) in [5.74, 6) is 2.52. The van der Waals surface area contributed by atoms with Crippen molar-refractivity contribution >= 4 is 5.96 Å². The number of likely N-dealkylation sites (N-methyl/N-ethyl adjacent to an activating group) is 1. The van der Waals surface area contributed by atoms with Crippen LogP contribution in [0.25, 0.3) is 0 Å². The molecule has 7 heteroatoms. The number of rotatable bonds is 12. The van der Waals surface area contributed by atoms with Gasteiger partial charge in [0.05, 0.1) is 19.8 Å². The molecule has 0 amide bonds. The number of benzene rings is 1. The van der Waals surface area contributed by atoms with Crippen LogP contribution in [0.5, 0.6) is 11.5 Å². The smallest absolute Gasteiger partial charge is 0.191 e. The van der Waals surface area contributed by atoms with E-state index in [4.69, 9.17) is 14.5 Å². The van der Waals surface area contributed by atoms with E-state index in [9.17, 15) is 0 Å². The van der Waals surface area contributed by atoms with Crippen molar-refractivity contribution in [3.8, 4) is 11.5 Å². The first-order valence-corrected chi connectivity index (χ1v) is 12.0. The van der Waals surface area contributed by atoms with Crippen LogP contribution < -0.4 is 20.1 Å². The Morgan fingerprint density at radius 3 is 2.35 bits per heavy atom. The van der Waals surface area contributed by atoms with E-state index in [0.29, 0.717) is 19.3 Å². The van der Waals surface area contributed by atoms with Gasteiger partial charge in [-0.15, -0.1) is 0 Å². The summed E-state index contributed by atoms with van der Waals surface area (Å²) in [7, 11) is 0. The molecule has 1 heterocycles. The lowest BCUT2D eigenvalue weighted by atomic mass is 10.1. The van der Waals surface area contributed by atoms with Crippen LogP contribution in [0, 0.1) is 0 Å². The molecule has 31 heavy (non-hydrogen) atoms. The summed E-state index contributed by atoms with van der Waals surface area (Å²) in [5, 5.41) is 6.84. The molecule has 176 valence electrons. The predicted molar refractivity (Wildman–Crippen MR) is 130 cm³/mol. The minimum absolute atomic E-state index is 0.453. The average Bonchev–Trinajstić information content (AvgIpc) is 2.79. The zero-order valence-corrected chi connectivity index (χ0v) is 20.2. The molecule has 2 rings (SSSR count). The highest BCUT2D eigenvalue weighted by Gasteiger charge is 2.19. The van der Waals surface area contributed by atoms with E-state index in [1.807, 2.05) is 19.9 Å². The minimum atomic E-state index is 0.453. The molecule has 1 atom stereocenters. The van der Waals surface area contributed by atoms with Crippen LogP contribution in [0.15, 0.2) is 23.2 Å². The molecular formula is C24H43N5O2. The normalized spacial score (nSPS) is 16.7. The molecule has 0 bridgehead atoms. The summed E-state index contributed by atoms with van der Waals surface area (Å²) in [6.07, 6.45) is 0.894. The highest BCUT2D eigenvalue weighted by molar-refractivity contribution is 5.79. The van der Waals surface area contributed by atoms with Crippen molar-refractivity contribution in [3.05, 3.63) is 23.8 Å². The second kappa shape index (κ2) is 14.1. The first-order valence-electron chi connectivity index (χ1n) is 12.0. The highest BCUT2D eigenvalue weighted by Crippen LogP contribution is 2.28. The predicted octanol–water partition coefficient (Wildman–Crippen LogP) is 2.61. The van der Waals surface area contributed by atoms with E-state index in [2.05, 4.69) is 53.3 Å². The molecule has 1 aromatic rings. The van der Waals surface area contributed by atoms with Crippen LogP contribution >= 0.6 is 0 Å². The first-order chi connectivity index (χ1) is 15.1. The van der Waals surface area contributed by atoms with E-state index in [-0.39, 0.29) is 0 Å². The van der Waals surface area contributed by atoms with Crippen molar-refractivity contribution in [1.82, 2.24) is 20.4 Å². The van der Waals surface area contributed by atoms with Crippen molar-refractivity contribution in [3.63, 3.8) is 0 Å². The van der Waals surface area contributed by atoms with Gasteiger partial charge in [-0.1, -0.05) is 13.0 Å². The van der Waals surface area contributed by atoms with E-state index >= 15 is 0 Å². The fourth-order valence-corrected chi connectivity index (χ4v) is 3.78. The van der Waals surface area contributed by atoms with Crippen molar-refractivity contribution in [2.24, 2.45) is 4.99 Å². The lowest BCUT2D eigenvalue weighted by Gasteiger charge is -2.37. The van der Waals surface area contributed by atoms with Gasteiger partial charge in [-0.2, -0.15) is 0 Å². The zero-order valence-electron chi connectivity index (χ0n) is 20.2. The third-order valence-electron chi connectivity index (χ3n) is 5.65. The molecule has 1 fully saturated rings. The summed E-state index contributed by atoms with van der Waals surface area (Å²) < 4.78 is 11.4. The minimum Gasteiger partial charge on any atom is -0.490 e. The molecule has 1 aliphatic heterocycles. The summed E-state index contributed by atoms with van der Waals surface area (Å²) >= 11 is 0. The Morgan fingerprint density at radius 1 is 1.00 bits per heavy atom. The lowest BCUT2D eigenvalue weighted by molar-refractivity contribution is 0.109. The van der Waals surface area contributed by atoms with Gasteiger partial charge in [0.25, 0.3) is 0 Å². The summed E-state index contributed by atoms with van der Waals surface area (Å²) in [4.78, 5) is 9.90. The zero-order chi connectivity index (χ0) is 22.5. The third-order valence-corrected chi connectivity index (χ3v) is 5.65. The van der Waals surface area contributed by atoms with E-state index in [1.54, 1.807) is 0 Å². The van der Waals surface area contributed by atoms with Crippen LogP contribution in [-0.2, 0) is 6.42 Å². The molecule has 1 aromatic carbocycles. The Kier molecular flexibility index (Phi) is 11.5. The standard InChI is InChI=1S/C24H43N5O2/c1-6-25-24(27-19-20(5)29-16-14-28(7-2)15-17-29)26-13-12-21-10-11-22(30-8-3)23(18-21)31-9-4/h10-11,18,20H,6-9,12-17,19H2,1-5H3,(H2,25,26,27). The number of hydrogen-bond acceptors (Lipinski definition) is 5. The Balaban J connectivity index is 1.85. The van der Waals surface area contributed by atoms with Crippen LogP contribution in [0.1, 0.15) is 40.2 Å². The maximum Gasteiger partial charge on any atom is 0.191 e. The molecule has 0 aromatic heterocycles. The second-order valence-corrected chi connectivity index (χ2v) is 7.86. The van der Waals surface area contributed by atoms with E-state index in [1.165, 1.54) is 5.56 Å². The Bertz CT molecular complexity index is 659. The molecule has 1 unspecified atom stereocenters. The molecule has 0 radical (unpaired) electrons. The summed E-state index contributed by atoms with van der Waals surface area (Å²) in [6, 6.07) is 6.65. The Labute approximate surface area is 189 Å². The lowest BCUT2D eigenvalue weighted by Crippen LogP contribution is -2.50. The summed E-state index contributed by atoms with van der Waals surface area (Å²) in [5.41, 5.74) is 1.22. The van der Waals surface area contributed by atoms with Crippen LogP contribution in [-0.4, -0.2) is 87.4 Å². The first kappa shape index (κ1) is 25.3. The van der Waals surface area contributed by atoms with Crippen LogP contribution in [0.4, 0.5) is 0 Å².